The van der Waals surface area contributed by atoms with Gasteiger partial charge in [0.1, 0.15) is 11.3 Å². The van der Waals surface area contributed by atoms with Gasteiger partial charge >= 0.3 is 5.97 Å². The third-order valence-electron chi connectivity index (χ3n) is 3.14. The van der Waals surface area contributed by atoms with Crippen molar-refractivity contribution in [2.45, 2.75) is 6.42 Å². The molecule has 24 heavy (non-hydrogen) atoms. The van der Waals surface area contributed by atoms with Crippen LogP contribution >= 0.6 is 23.2 Å². The fraction of sp³-hybridized carbons (Fsp3) is 0.176. The van der Waals surface area contributed by atoms with Crippen molar-refractivity contribution >= 4 is 35.1 Å². The number of nitrogens with one attached hydrogen (secondary N) is 1. The van der Waals surface area contributed by atoms with Gasteiger partial charge in [-0.15, -0.1) is 0 Å². The number of hydrogen-bond acceptors (Lipinski definition) is 4. The summed E-state index contributed by atoms with van der Waals surface area (Å²) in [5.74, 6) is -1.53. The van der Waals surface area contributed by atoms with Crippen LogP contribution in [-0.4, -0.2) is 30.1 Å². The fourth-order valence-corrected chi connectivity index (χ4v) is 2.36. The predicted octanol–water partition coefficient (Wildman–Crippen LogP) is 3.21. The van der Waals surface area contributed by atoms with Gasteiger partial charge in [0.15, 0.2) is 6.61 Å². The number of rotatable bonds is 6. The predicted molar refractivity (Wildman–Crippen MR) is 91.6 cm³/mol. The van der Waals surface area contributed by atoms with Crippen molar-refractivity contribution in [3.05, 3.63) is 63.6 Å². The minimum atomic E-state index is -0.797. The standard InChI is InChI=1S/C17H15Cl2NO4/c18-12-3-1-2-11(8-12)6-7-20-16(22)10-24-17(23)14-5-4-13(19)9-15(14)21/h1-5,8-9,21H,6-7,10H2,(H,20,22). The Hall–Kier alpha value is -2.24. The summed E-state index contributed by atoms with van der Waals surface area (Å²) in [5.41, 5.74) is 0.942. The molecule has 0 aliphatic heterocycles. The van der Waals surface area contributed by atoms with Gasteiger partial charge < -0.3 is 15.2 Å². The monoisotopic (exact) mass is 367 g/mol. The van der Waals surface area contributed by atoms with Crippen molar-refractivity contribution in [2.75, 3.05) is 13.2 Å². The van der Waals surface area contributed by atoms with Crippen molar-refractivity contribution in [1.29, 1.82) is 0 Å². The highest BCUT2D eigenvalue weighted by molar-refractivity contribution is 6.31. The molecular weight excluding hydrogens is 353 g/mol. The number of phenolic OH excluding ortho intramolecular Hbond substituents is 1. The highest BCUT2D eigenvalue weighted by Gasteiger charge is 2.14. The molecule has 0 aliphatic rings. The average molecular weight is 368 g/mol. The van der Waals surface area contributed by atoms with Crippen LogP contribution in [0.4, 0.5) is 0 Å². The second-order valence-electron chi connectivity index (χ2n) is 4.97. The summed E-state index contributed by atoms with van der Waals surface area (Å²) in [5, 5.41) is 13.2. The minimum Gasteiger partial charge on any atom is -0.507 e. The first kappa shape index (κ1) is 18.1. The molecule has 0 unspecified atom stereocenters. The van der Waals surface area contributed by atoms with E-state index in [1.165, 1.54) is 18.2 Å². The molecule has 2 rings (SSSR count). The summed E-state index contributed by atoms with van der Waals surface area (Å²) in [6.07, 6.45) is 0.609. The molecule has 0 radical (unpaired) electrons. The Bertz CT molecular complexity index is 749. The SMILES string of the molecule is O=C(COC(=O)c1ccc(Cl)cc1O)NCCc1cccc(Cl)c1. The molecule has 0 bridgehead atoms. The van der Waals surface area contributed by atoms with Crippen molar-refractivity contribution in [2.24, 2.45) is 0 Å². The van der Waals surface area contributed by atoms with E-state index in [0.717, 1.165) is 5.56 Å². The number of ether oxygens (including phenoxy) is 1. The van der Waals surface area contributed by atoms with Crippen molar-refractivity contribution in [3.8, 4) is 5.75 Å². The van der Waals surface area contributed by atoms with Crippen LogP contribution in [0.5, 0.6) is 5.75 Å². The Morgan fingerprint density at radius 1 is 1.08 bits per heavy atom. The lowest BCUT2D eigenvalue weighted by Crippen LogP contribution is -2.30. The van der Waals surface area contributed by atoms with Crippen LogP contribution in [0, 0.1) is 0 Å². The molecule has 2 N–H and O–H groups in total. The number of phenols is 1. The smallest absolute Gasteiger partial charge is 0.342 e. The third-order valence-corrected chi connectivity index (χ3v) is 3.61. The van der Waals surface area contributed by atoms with E-state index >= 15 is 0 Å². The van der Waals surface area contributed by atoms with E-state index in [1.807, 2.05) is 18.2 Å². The van der Waals surface area contributed by atoms with E-state index in [4.69, 9.17) is 27.9 Å². The molecule has 2 aromatic rings. The molecule has 2 aromatic carbocycles. The van der Waals surface area contributed by atoms with Gasteiger partial charge in [-0.1, -0.05) is 35.3 Å². The lowest BCUT2D eigenvalue weighted by Gasteiger charge is -2.08. The van der Waals surface area contributed by atoms with E-state index in [2.05, 4.69) is 5.32 Å². The van der Waals surface area contributed by atoms with Gasteiger partial charge in [0.05, 0.1) is 0 Å². The van der Waals surface area contributed by atoms with E-state index in [9.17, 15) is 14.7 Å². The Balaban J connectivity index is 1.75. The summed E-state index contributed by atoms with van der Waals surface area (Å²) in [7, 11) is 0. The molecule has 0 saturated carbocycles. The summed E-state index contributed by atoms with van der Waals surface area (Å²) < 4.78 is 4.86. The van der Waals surface area contributed by atoms with Crippen LogP contribution in [0.15, 0.2) is 42.5 Å². The quantitative estimate of drug-likeness (QED) is 0.768. The Morgan fingerprint density at radius 3 is 2.54 bits per heavy atom. The maximum absolute atomic E-state index is 11.8. The van der Waals surface area contributed by atoms with Crippen molar-refractivity contribution in [1.82, 2.24) is 5.32 Å². The minimum absolute atomic E-state index is 0.0499. The van der Waals surface area contributed by atoms with Crippen LogP contribution in [0.1, 0.15) is 15.9 Å². The number of carbonyl (C=O) groups is 2. The number of benzene rings is 2. The maximum Gasteiger partial charge on any atom is 0.342 e. The van der Waals surface area contributed by atoms with Crippen molar-refractivity contribution < 1.29 is 19.4 Å². The summed E-state index contributed by atoms with van der Waals surface area (Å²) in [6.45, 7) is -0.0423. The molecule has 0 aromatic heterocycles. The number of carbonyl (C=O) groups excluding carboxylic acids is 2. The van der Waals surface area contributed by atoms with Gasteiger partial charge in [-0.3, -0.25) is 4.79 Å². The number of halogens is 2. The zero-order valence-corrected chi connectivity index (χ0v) is 14.1. The van der Waals surface area contributed by atoms with E-state index in [0.29, 0.717) is 23.0 Å². The van der Waals surface area contributed by atoms with E-state index in [1.54, 1.807) is 6.07 Å². The first-order valence-corrected chi connectivity index (χ1v) is 7.88. The first-order valence-electron chi connectivity index (χ1n) is 7.12. The van der Waals surface area contributed by atoms with E-state index in [-0.39, 0.29) is 11.3 Å². The largest absolute Gasteiger partial charge is 0.507 e. The highest BCUT2D eigenvalue weighted by atomic mass is 35.5. The molecular formula is C17H15Cl2NO4. The Kier molecular flexibility index (Phi) is 6.46. The lowest BCUT2D eigenvalue weighted by atomic mass is 10.1. The van der Waals surface area contributed by atoms with Crippen LogP contribution < -0.4 is 5.32 Å². The van der Waals surface area contributed by atoms with Crippen molar-refractivity contribution in [3.63, 3.8) is 0 Å². The third kappa shape index (κ3) is 5.44. The van der Waals surface area contributed by atoms with Gasteiger partial charge in [0.25, 0.3) is 5.91 Å². The maximum atomic E-state index is 11.8. The molecule has 0 heterocycles. The molecule has 0 saturated heterocycles. The number of aromatic hydroxyl groups is 1. The number of esters is 1. The highest BCUT2D eigenvalue weighted by Crippen LogP contribution is 2.22. The zero-order valence-electron chi connectivity index (χ0n) is 12.6. The molecule has 126 valence electrons. The molecule has 5 nitrogen and oxygen atoms in total. The number of amides is 1. The summed E-state index contributed by atoms with van der Waals surface area (Å²) in [4.78, 5) is 23.5. The van der Waals surface area contributed by atoms with Gasteiger partial charge in [-0.05, 0) is 42.3 Å². The van der Waals surface area contributed by atoms with Crippen LogP contribution in [0.25, 0.3) is 0 Å². The van der Waals surface area contributed by atoms with Gasteiger partial charge in [-0.2, -0.15) is 0 Å². The molecule has 0 spiro atoms. The molecule has 1 amide bonds. The topological polar surface area (TPSA) is 75.6 Å². The Labute approximate surface area is 149 Å². The fourth-order valence-electron chi connectivity index (χ4n) is 1.98. The summed E-state index contributed by atoms with van der Waals surface area (Å²) in [6, 6.07) is 11.3. The lowest BCUT2D eigenvalue weighted by molar-refractivity contribution is -0.124. The van der Waals surface area contributed by atoms with E-state index < -0.39 is 18.5 Å². The second-order valence-corrected chi connectivity index (χ2v) is 5.84. The molecule has 0 aliphatic carbocycles. The van der Waals surface area contributed by atoms with Crippen LogP contribution in [-0.2, 0) is 16.0 Å². The molecule has 0 atom stereocenters. The van der Waals surface area contributed by atoms with Crippen LogP contribution in [0.3, 0.4) is 0 Å². The van der Waals surface area contributed by atoms with Gasteiger partial charge in [-0.25, -0.2) is 4.79 Å². The molecule has 0 fully saturated rings. The van der Waals surface area contributed by atoms with Gasteiger partial charge in [0.2, 0.25) is 0 Å². The average Bonchev–Trinajstić information content (AvgIpc) is 2.53. The van der Waals surface area contributed by atoms with Crippen LogP contribution in [0.2, 0.25) is 10.0 Å². The first-order chi connectivity index (χ1) is 11.5. The Morgan fingerprint density at radius 2 is 1.83 bits per heavy atom. The normalized spacial score (nSPS) is 10.2. The van der Waals surface area contributed by atoms with Gasteiger partial charge in [0, 0.05) is 16.6 Å². The zero-order chi connectivity index (χ0) is 17.5. The molecule has 7 heteroatoms. The second kappa shape index (κ2) is 8.57. The summed E-state index contributed by atoms with van der Waals surface area (Å²) >= 11 is 11.6. The number of hydrogen-bond donors (Lipinski definition) is 2.